The number of ether oxygens (including phenoxy) is 1. The largest absolute Gasteiger partial charge is 0.380 e. The standard InChI is InChI=1S/C12H19NOS/c1-10(6-11-4-3-5-15-11)13-7-12(2)8-14-9-12/h3-5,10,13H,6-9H2,1-2H3. The van der Waals surface area contributed by atoms with E-state index in [1.54, 1.807) is 0 Å². The molecule has 3 heteroatoms. The molecule has 0 bridgehead atoms. The number of hydrogen-bond donors (Lipinski definition) is 1. The Labute approximate surface area is 95.6 Å². The molecule has 1 atom stereocenters. The van der Waals surface area contributed by atoms with Gasteiger partial charge >= 0.3 is 0 Å². The van der Waals surface area contributed by atoms with Crippen molar-refractivity contribution < 1.29 is 4.74 Å². The maximum absolute atomic E-state index is 5.24. The van der Waals surface area contributed by atoms with Crippen molar-refractivity contribution >= 4 is 11.3 Å². The van der Waals surface area contributed by atoms with Crippen LogP contribution in [0.25, 0.3) is 0 Å². The van der Waals surface area contributed by atoms with E-state index >= 15 is 0 Å². The van der Waals surface area contributed by atoms with Crippen LogP contribution in [0.5, 0.6) is 0 Å². The van der Waals surface area contributed by atoms with Crippen molar-refractivity contribution in [3.8, 4) is 0 Å². The van der Waals surface area contributed by atoms with Crippen molar-refractivity contribution in [2.45, 2.75) is 26.3 Å². The summed E-state index contributed by atoms with van der Waals surface area (Å²) in [7, 11) is 0. The summed E-state index contributed by atoms with van der Waals surface area (Å²) in [6.07, 6.45) is 1.13. The van der Waals surface area contributed by atoms with E-state index in [0.717, 1.165) is 26.2 Å². The summed E-state index contributed by atoms with van der Waals surface area (Å²) in [5.41, 5.74) is 0.379. The van der Waals surface area contributed by atoms with Crippen molar-refractivity contribution in [3.63, 3.8) is 0 Å². The third-order valence-electron chi connectivity index (χ3n) is 2.87. The molecule has 1 aromatic rings. The van der Waals surface area contributed by atoms with E-state index in [1.807, 2.05) is 11.3 Å². The van der Waals surface area contributed by atoms with Crippen LogP contribution in [0.2, 0.25) is 0 Å². The van der Waals surface area contributed by atoms with Crippen LogP contribution >= 0.6 is 11.3 Å². The molecule has 2 rings (SSSR count). The third-order valence-corrected chi connectivity index (χ3v) is 3.76. The summed E-state index contributed by atoms with van der Waals surface area (Å²) in [5, 5.41) is 5.73. The monoisotopic (exact) mass is 225 g/mol. The summed E-state index contributed by atoms with van der Waals surface area (Å²) in [4.78, 5) is 1.46. The number of rotatable bonds is 5. The van der Waals surface area contributed by atoms with Gasteiger partial charge in [-0.05, 0) is 24.8 Å². The summed E-state index contributed by atoms with van der Waals surface area (Å²) in [6, 6.07) is 4.88. The molecule has 1 aliphatic heterocycles. The molecule has 1 saturated heterocycles. The van der Waals surface area contributed by atoms with Crippen LogP contribution in [0.3, 0.4) is 0 Å². The molecule has 1 N–H and O–H groups in total. The fourth-order valence-corrected chi connectivity index (χ4v) is 2.61. The van der Waals surface area contributed by atoms with Gasteiger partial charge in [-0.2, -0.15) is 0 Å². The molecule has 84 valence electrons. The molecule has 0 spiro atoms. The SMILES string of the molecule is CC(Cc1cccs1)NCC1(C)COC1. The molecule has 0 radical (unpaired) electrons. The van der Waals surface area contributed by atoms with E-state index in [4.69, 9.17) is 4.74 Å². The fourth-order valence-electron chi connectivity index (χ4n) is 1.78. The van der Waals surface area contributed by atoms with E-state index in [1.165, 1.54) is 4.88 Å². The van der Waals surface area contributed by atoms with Gasteiger partial charge in [-0.1, -0.05) is 13.0 Å². The number of nitrogens with one attached hydrogen (secondary N) is 1. The Morgan fingerprint density at radius 3 is 2.93 bits per heavy atom. The highest BCUT2D eigenvalue weighted by atomic mass is 32.1. The Balaban J connectivity index is 1.70. The highest BCUT2D eigenvalue weighted by Crippen LogP contribution is 2.25. The Hall–Kier alpha value is -0.380. The number of thiophene rings is 1. The first-order valence-corrected chi connectivity index (χ1v) is 6.39. The molecule has 1 fully saturated rings. The maximum Gasteiger partial charge on any atom is 0.0554 e. The van der Waals surface area contributed by atoms with Gasteiger partial charge in [0, 0.05) is 22.9 Å². The minimum Gasteiger partial charge on any atom is -0.380 e. The average molecular weight is 225 g/mol. The predicted octanol–water partition coefficient (Wildman–Crippen LogP) is 2.31. The molecule has 1 aliphatic rings. The lowest BCUT2D eigenvalue weighted by Crippen LogP contribution is -2.49. The lowest BCUT2D eigenvalue weighted by atomic mass is 9.88. The zero-order chi connectivity index (χ0) is 10.7. The maximum atomic E-state index is 5.24. The van der Waals surface area contributed by atoms with Gasteiger partial charge in [0.2, 0.25) is 0 Å². The lowest BCUT2D eigenvalue weighted by molar-refractivity contribution is -0.0998. The summed E-state index contributed by atoms with van der Waals surface area (Å²) < 4.78 is 5.24. The minimum atomic E-state index is 0.379. The molecular formula is C12H19NOS. The molecule has 2 nitrogen and oxygen atoms in total. The Morgan fingerprint density at radius 2 is 2.40 bits per heavy atom. The second kappa shape index (κ2) is 4.64. The summed E-state index contributed by atoms with van der Waals surface area (Å²) >= 11 is 1.84. The van der Waals surface area contributed by atoms with Crippen LogP contribution in [0.4, 0.5) is 0 Å². The van der Waals surface area contributed by atoms with Gasteiger partial charge in [0.15, 0.2) is 0 Å². The highest BCUT2D eigenvalue weighted by molar-refractivity contribution is 7.09. The van der Waals surface area contributed by atoms with Crippen molar-refractivity contribution in [1.29, 1.82) is 0 Å². The van der Waals surface area contributed by atoms with Crippen molar-refractivity contribution in [2.75, 3.05) is 19.8 Å². The zero-order valence-electron chi connectivity index (χ0n) is 9.45. The van der Waals surface area contributed by atoms with Gasteiger partial charge in [0.05, 0.1) is 13.2 Å². The van der Waals surface area contributed by atoms with Gasteiger partial charge < -0.3 is 10.1 Å². The molecule has 0 amide bonds. The second-order valence-electron chi connectivity index (χ2n) is 4.87. The first-order valence-electron chi connectivity index (χ1n) is 5.51. The summed E-state index contributed by atoms with van der Waals surface area (Å²) in [6.45, 7) is 7.42. The van der Waals surface area contributed by atoms with Crippen LogP contribution in [-0.4, -0.2) is 25.8 Å². The van der Waals surface area contributed by atoms with E-state index in [0.29, 0.717) is 11.5 Å². The van der Waals surface area contributed by atoms with Crippen LogP contribution in [-0.2, 0) is 11.2 Å². The molecule has 0 saturated carbocycles. The van der Waals surface area contributed by atoms with Gasteiger partial charge in [0.1, 0.15) is 0 Å². The minimum absolute atomic E-state index is 0.379. The molecular weight excluding hydrogens is 206 g/mol. The van der Waals surface area contributed by atoms with Crippen molar-refractivity contribution in [1.82, 2.24) is 5.32 Å². The fraction of sp³-hybridized carbons (Fsp3) is 0.667. The first kappa shape index (κ1) is 11.1. The number of hydrogen-bond acceptors (Lipinski definition) is 3. The van der Waals surface area contributed by atoms with Crippen molar-refractivity contribution in [2.24, 2.45) is 5.41 Å². The Bertz CT molecular complexity index is 293. The van der Waals surface area contributed by atoms with E-state index in [-0.39, 0.29) is 0 Å². The smallest absolute Gasteiger partial charge is 0.0554 e. The third kappa shape index (κ3) is 3.03. The molecule has 2 heterocycles. The summed E-state index contributed by atoms with van der Waals surface area (Å²) in [5.74, 6) is 0. The zero-order valence-corrected chi connectivity index (χ0v) is 10.3. The van der Waals surface area contributed by atoms with E-state index in [2.05, 4.69) is 36.7 Å². The van der Waals surface area contributed by atoms with Crippen LogP contribution < -0.4 is 5.32 Å². The van der Waals surface area contributed by atoms with Gasteiger partial charge in [0.25, 0.3) is 0 Å². The Kier molecular flexibility index (Phi) is 3.44. The highest BCUT2D eigenvalue weighted by Gasteiger charge is 2.33. The predicted molar refractivity (Wildman–Crippen MR) is 64.4 cm³/mol. The molecule has 0 aliphatic carbocycles. The molecule has 15 heavy (non-hydrogen) atoms. The topological polar surface area (TPSA) is 21.3 Å². The molecule has 1 unspecified atom stereocenters. The van der Waals surface area contributed by atoms with Gasteiger partial charge in [-0.15, -0.1) is 11.3 Å². The van der Waals surface area contributed by atoms with Crippen molar-refractivity contribution in [3.05, 3.63) is 22.4 Å². The first-order chi connectivity index (χ1) is 7.18. The van der Waals surface area contributed by atoms with E-state index < -0.39 is 0 Å². The Morgan fingerprint density at radius 1 is 1.60 bits per heavy atom. The normalized spacial score (nSPS) is 20.9. The molecule has 1 aromatic heterocycles. The van der Waals surface area contributed by atoms with Gasteiger partial charge in [-0.25, -0.2) is 0 Å². The quantitative estimate of drug-likeness (QED) is 0.830. The van der Waals surface area contributed by atoms with Crippen LogP contribution in [0.1, 0.15) is 18.7 Å². The van der Waals surface area contributed by atoms with Crippen LogP contribution in [0, 0.1) is 5.41 Å². The second-order valence-corrected chi connectivity index (χ2v) is 5.90. The van der Waals surface area contributed by atoms with Crippen LogP contribution in [0.15, 0.2) is 17.5 Å². The van der Waals surface area contributed by atoms with E-state index in [9.17, 15) is 0 Å². The van der Waals surface area contributed by atoms with Gasteiger partial charge in [-0.3, -0.25) is 0 Å². The average Bonchev–Trinajstić information content (AvgIpc) is 2.64. The lowest BCUT2D eigenvalue weighted by Gasteiger charge is -2.39. The molecule has 0 aromatic carbocycles.